The predicted octanol–water partition coefficient (Wildman–Crippen LogP) is 5.72. The molecular weight excluding hydrogens is 552 g/mol. The molecule has 0 bridgehead atoms. The maximum Gasteiger partial charge on any atom is 0.421 e. The average Bonchev–Trinajstić information content (AvgIpc) is 3.26. The van der Waals surface area contributed by atoms with E-state index in [-0.39, 0.29) is 29.7 Å². The maximum atomic E-state index is 13.0. The van der Waals surface area contributed by atoms with E-state index in [9.17, 15) is 23.1 Å². The molecule has 4 rings (SSSR count). The van der Waals surface area contributed by atoms with Gasteiger partial charge in [-0.1, -0.05) is 55.3 Å². The number of aromatic nitrogens is 2. The van der Waals surface area contributed by atoms with E-state index in [1.54, 1.807) is 38.4 Å². The minimum Gasteiger partial charge on any atom is -0.464 e. The first kappa shape index (κ1) is 29.1. The van der Waals surface area contributed by atoms with Crippen molar-refractivity contribution in [2.45, 2.75) is 38.0 Å². The second-order valence-electron chi connectivity index (χ2n) is 10.1. The van der Waals surface area contributed by atoms with Crippen molar-refractivity contribution >= 4 is 44.7 Å². The van der Waals surface area contributed by atoms with Gasteiger partial charge in [0.2, 0.25) is 0 Å². The lowest BCUT2D eigenvalue weighted by molar-refractivity contribution is 0.0828. The Bertz CT molecular complexity index is 1680. The number of hydrogen-bond donors (Lipinski definition) is 1. The van der Waals surface area contributed by atoms with E-state index in [0.29, 0.717) is 20.4 Å². The third kappa shape index (κ3) is 5.68. The lowest BCUT2D eigenvalue weighted by atomic mass is 10.1. The molecule has 2 amide bonds. The van der Waals surface area contributed by atoms with E-state index in [2.05, 4.69) is 0 Å². The molecule has 1 heterocycles. The largest absolute Gasteiger partial charge is 0.464 e. The molecule has 0 aliphatic carbocycles. The third-order valence-electron chi connectivity index (χ3n) is 6.54. The molecule has 210 valence electrons. The van der Waals surface area contributed by atoms with Gasteiger partial charge in [0, 0.05) is 32.2 Å². The minimum atomic E-state index is -4.21. The van der Waals surface area contributed by atoms with Crippen molar-refractivity contribution < 1.29 is 23.1 Å². The summed E-state index contributed by atoms with van der Waals surface area (Å²) in [5, 5.41) is 9.99. The summed E-state index contributed by atoms with van der Waals surface area (Å²) in [7, 11) is -0.882. The van der Waals surface area contributed by atoms with Crippen molar-refractivity contribution in [2.24, 2.45) is 0 Å². The van der Waals surface area contributed by atoms with E-state index in [0.717, 1.165) is 28.2 Å². The molecule has 0 aliphatic rings. The molecule has 0 aliphatic heterocycles. The quantitative estimate of drug-likeness (QED) is 0.284. The molecule has 40 heavy (non-hydrogen) atoms. The second kappa shape index (κ2) is 11.3. The Morgan fingerprint density at radius 1 is 1.02 bits per heavy atom. The number of sulfonamides is 1. The smallest absolute Gasteiger partial charge is 0.421 e. The summed E-state index contributed by atoms with van der Waals surface area (Å²) in [6.07, 6.45) is -1.34. The van der Waals surface area contributed by atoms with Crippen LogP contribution in [0.5, 0.6) is 0 Å². The summed E-state index contributed by atoms with van der Waals surface area (Å²) >= 11 is 6.51. The number of carbonyl (C=O) groups excluding carboxylic acids is 1. The molecule has 9 nitrogen and oxygen atoms in total. The first-order valence-electron chi connectivity index (χ1n) is 12.7. The number of rotatable bonds is 8. The number of imidazole rings is 1. The summed E-state index contributed by atoms with van der Waals surface area (Å²) in [5.74, 6) is 0.640. The molecule has 0 saturated carbocycles. The van der Waals surface area contributed by atoms with Gasteiger partial charge in [0.1, 0.15) is 5.82 Å². The van der Waals surface area contributed by atoms with Crippen LogP contribution in [0.15, 0.2) is 65.6 Å². The standard InChI is InChI=1S/C29H31ClN4O5S/c1-18(2)27-31-25-16-23(28(35)32(4)5)24(30)17-26(25)34(27)21-10-8-20(9-11-21)14-15-33(29(36)37)40(38,39)22-12-6-19(3)7-13-22/h6-13,16-18H,14-15H2,1-5H3,(H,36,37). The lowest BCUT2D eigenvalue weighted by Crippen LogP contribution is -2.37. The van der Waals surface area contributed by atoms with Gasteiger partial charge in [-0.15, -0.1) is 0 Å². The van der Waals surface area contributed by atoms with E-state index in [4.69, 9.17) is 16.6 Å². The second-order valence-corrected chi connectivity index (χ2v) is 12.3. The van der Waals surface area contributed by atoms with E-state index >= 15 is 0 Å². The highest BCUT2D eigenvalue weighted by atomic mass is 35.5. The Kier molecular flexibility index (Phi) is 8.23. The summed E-state index contributed by atoms with van der Waals surface area (Å²) in [6.45, 7) is 5.64. The fourth-order valence-electron chi connectivity index (χ4n) is 4.38. The Morgan fingerprint density at radius 2 is 1.65 bits per heavy atom. The van der Waals surface area contributed by atoms with Crippen LogP contribution in [-0.4, -0.2) is 64.9 Å². The third-order valence-corrected chi connectivity index (χ3v) is 8.64. The zero-order valence-corrected chi connectivity index (χ0v) is 24.5. The Labute approximate surface area is 238 Å². The zero-order chi connectivity index (χ0) is 29.4. The van der Waals surface area contributed by atoms with Crippen LogP contribution in [0, 0.1) is 6.92 Å². The van der Waals surface area contributed by atoms with Crippen molar-refractivity contribution in [1.29, 1.82) is 0 Å². The van der Waals surface area contributed by atoms with Crippen molar-refractivity contribution in [1.82, 2.24) is 18.8 Å². The molecule has 0 radical (unpaired) electrons. The van der Waals surface area contributed by atoms with Gasteiger partial charge < -0.3 is 10.0 Å². The van der Waals surface area contributed by atoms with Crippen molar-refractivity contribution in [3.8, 4) is 5.69 Å². The van der Waals surface area contributed by atoms with Gasteiger partial charge in [-0.2, -0.15) is 0 Å². The molecule has 3 aromatic carbocycles. The lowest BCUT2D eigenvalue weighted by Gasteiger charge is -2.19. The summed E-state index contributed by atoms with van der Waals surface area (Å²) < 4.78 is 28.4. The van der Waals surface area contributed by atoms with Gasteiger partial charge in [-0.05, 0) is 55.3 Å². The summed E-state index contributed by atoms with van der Waals surface area (Å²) in [6, 6.07) is 16.9. The van der Waals surface area contributed by atoms with Crippen LogP contribution in [0.25, 0.3) is 16.7 Å². The number of nitrogens with zero attached hydrogens (tertiary/aromatic N) is 4. The van der Waals surface area contributed by atoms with E-state index in [1.165, 1.54) is 17.0 Å². The molecule has 1 aromatic heterocycles. The number of benzene rings is 3. The van der Waals surface area contributed by atoms with Crippen molar-refractivity contribution in [3.05, 3.63) is 88.2 Å². The van der Waals surface area contributed by atoms with Gasteiger partial charge >= 0.3 is 6.09 Å². The maximum absolute atomic E-state index is 13.0. The Morgan fingerprint density at radius 3 is 2.20 bits per heavy atom. The molecule has 0 atom stereocenters. The predicted molar refractivity (Wildman–Crippen MR) is 155 cm³/mol. The van der Waals surface area contributed by atoms with Gasteiger partial charge in [0.05, 0.1) is 26.5 Å². The highest BCUT2D eigenvalue weighted by molar-refractivity contribution is 7.89. The van der Waals surface area contributed by atoms with Gasteiger partial charge in [-0.25, -0.2) is 22.5 Å². The Balaban J connectivity index is 1.63. The van der Waals surface area contributed by atoms with Crippen LogP contribution in [0.1, 0.15) is 47.1 Å². The number of halogens is 1. The molecule has 0 saturated heterocycles. The molecular formula is C29H31ClN4O5S. The van der Waals surface area contributed by atoms with Crippen LogP contribution in [0.2, 0.25) is 5.02 Å². The van der Waals surface area contributed by atoms with Crippen LogP contribution >= 0.6 is 11.6 Å². The number of hydrogen-bond acceptors (Lipinski definition) is 5. The van der Waals surface area contributed by atoms with Crippen LogP contribution in [0.3, 0.4) is 0 Å². The number of amides is 2. The van der Waals surface area contributed by atoms with E-state index < -0.39 is 16.1 Å². The van der Waals surface area contributed by atoms with E-state index in [1.807, 2.05) is 49.6 Å². The molecule has 0 fully saturated rings. The minimum absolute atomic E-state index is 0.0648. The first-order chi connectivity index (χ1) is 18.8. The number of fused-ring (bicyclic) bond motifs is 1. The zero-order valence-electron chi connectivity index (χ0n) is 22.9. The van der Waals surface area contributed by atoms with Crippen molar-refractivity contribution in [3.63, 3.8) is 0 Å². The SMILES string of the molecule is Cc1ccc(S(=O)(=O)N(CCc2ccc(-n3c(C(C)C)nc4cc(C(=O)N(C)C)c(Cl)cc43)cc2)C(=O)O)cc1. The van der Waals surface area contributed by atoms with Crippen LogP contribution < -0.4 is 0 Å². The van der Waals surface area contributed by atoms with Crippen LogP contribution in [-0.2, 0) is 16.4 Å². The molecule has 0 unspecified atom stereocenters. The van der Waals surface area contributed by atoms with Crippen LogP contribution in [0.4, 0.5) is 4.79 Å². The first-order valence-corrected chi connectivity index (χ1v) is 14.5. The number of carboxylic acid groups (broad SMARTS) is 1. The van der Waals surface area contributed by atoms with Gasteiger partial charge in [-0.3, -0.25) is 9.36 Å². The topological polar surface area (TPSA) is 113 Å². The number of aryl methyl sites for hydroxylation is 1. The average molecular weight is 583 g/mol. The highest BCUT2D eigenvalue weighted by Crippen LogP contribution is 2.31. The molecule has 4 aromatic rings. The molecule has 11 heteroatoms. The molecule has 1 N–H and O–H groups in total. The summed E-state index contributed by atoms with van der Waals surface area (Å²) in [4.78, 5) is 30.6. The molecule has 0 spiro atoms. The normalized spacial score (nSPS) is 11.7. The Hall–Kier alpha value is -3.89. The highest BCUT2D eigenvalue weighted by Gasteiger charge is 2.29. The summed E-state index contributed by atoms with van der Waals surface area (Å²) in [5.41, 5.74) is 4.20. The fraction of sp³-hybridized carbons (Fsp3) is 0.276. The monoisotopic (exact) mass is 582 g/mol. The van der Waals surface area contributed by atoms with Crippen molar-refractivity contribution in [2.75, 3.05) is 20.6 Å². The number of carbonyl (C=O) groups is 2. The fourth-order valence-corrected chi connectivity index (χ4v) is 5.89. The van der Waals surface area contributed by atoms with Gasteiger partial charge in [0.25, 0.3) is 15.9 Å². The van der Waals surface area contributed by atoms with Gasteiger partial charge in [0.15, 0.2) is 0 Å².